The van der Waals surface area contributed by atoms with Crippen molar-refractivity contribution < 1.29 is 9.53 Å². The van der Waals surface area contributed by atoms with Gasteiger partial charge in [-0.2, -0.15) is 11.8 Å². The topological polar surface area (TPSA) is 74.8 Å². The van der Waals surface area contributed by atoms with Crippen molar-refractivity contribution in [2.24, 2.45) is 4.99 Å². The lowest BCUT2D eigenvalue weighted by atomic mass is 10.2. The second-order valence-corrected chi connectivity index (χ2v) is 5.73. The maximum absolute atomic E-state index is 11.9. The zero-order chi connectivity index (χ0) is 16.9. The number of hydrogen-bond acceptors (Lipinski definition) is 4. The standard InChI is InChI=1S/C16H26N4O2S/c1-4-17-16(18-9-10-23-3)20-12-15(21)19-11-13-5-7-14(22-2)8-6-13/h5-8H,4,9-12H2,1-3H3,(H,19,21)(H2,17,18,20). The summed E-state index contributed by atoms with van der Waals surface area (Å²) >= 11 is 1.76. The highest BCUT2D eigenvalue weighted by Crippen LogP contribution is 2.10. The molecule has 1 aromatic carbocycles. The van der Waals surface area contributed by atoms with Crippen LogP contribution in [-0.4, -0.2) is 50.6 Å². The molecule has 0 heterocycles. The molecule has 7 heteroatoms. The lowest BCUT2D eigenvalue weighted by Gasteiger charge is -2.10. The van der Waals surface area contributed by atoms with Crippen LogP contribution in [0, 0.1) is 0 Å². The minimum atomic E-state index is -0.108. The number of benzene rings is 1. The number of methoxy groups -OCH3 is 1. The summed E-state index contributed by atoms with van der Waals surface area (Å²) in [6.45, 7) is 4.16. The van der Waals surface area contributed by atoms with E-state index in [0.717, 1.165) is 30.2 Å². The van der Waals surface area contributed by atoms with Crippen molar-refractivity contribution in [2.75, 3.05) is 38.8 Å². The minimum Gasteiger partial charge on any atom is -0.497 e. The Morgan fingerprint density at radius 2 is 1.96 bits per heavy atom. The Morgan fingerprint density at radius 1 is 1.22 bits per heavy atom. The molecule has 0 saturated heterocycles. The molecule has 0 bridgehead atoms. The van der Waals surface area contributed by atoms with E-state index in [4.69, 9.17) is 4.74 Å². The van der Waals surface area contributed by atoms with Crippen LogP contribution >= 0.6 is 11.8 Å². The Kier molecular flexibility index (Phi) is 9.70. The Balaban J connectivity index is 2.38. The summed E-state index contributed by atoms with van der Waals surface area (Å²) in [5.74, 6) is 2.36. The van der Waals surface area contributed by atoms with E-state index in [1.54, 1.807) is 18.9 Å². The van der Waals surface area contributed by atoms with E-state index in [1.807, 2.05) is 31.2 Å². The van der Waals surface area contributed by atoms with Crippen LogP contribution in [0.5, 0.6) is 5.75 Å². The lowest BCUT2D eigenvalue weighted by molar-refractivity contribution is -0.119. The molecular weight excluding hydrogens is 312 g/mol. The molecule has 1 aromatic rings. The molecule has 0 aliphatic carbocycles. The molecule has 0 aliphatic rings. The SMILES string of the molecule is CCNC(=NCC(=O)NCc1ccc(OC)cc1)NCCSC. The first-order valence-corrected chi connectivity index (χ1v) is 8.99. The molecule has 0 spiro atoms. The van der Waals surface area contributed by atoms with Crippen molar-refractivity contribution in [3.05, 3.63) is 29.8 Å². The van der Waals surface area contributed by atoms with Crippen molar-refractivity contribution in [1.29, 1.82) is 0 Å². The first-order chi connectivity index (χ1) is 11.2. The molecule has 1 rings (SSSR count). The van der Waals surface area contributed by atoms with E-state index in [1.165, 1.54) is 0 Å². The van der Waals surface area contributed by atoms with E-state index in [-0.39, 0.29) is 12.5 Å². The molecule has 0 aliphatic heterocycles. The van der Waals surface area contributed by atoms with Gasteiger partial charge in [0.2, 0.25) is 5.91 Å². The fraction of sp³-hybridized carbons (Fsp3) is 0.500. The van der Waals surface area contributed by atoms with E-state index in [2.05, 4.69) is 27.2 Å². The molecular formula is C16H26N4O2S. The normalized spacial score (nSPS) is 11.0. The fourth-order valence-corrected chi connectivity index (χ4v) is 2.07. The van der Waals surface area contributed by atoms with E-state index in [9.17, 15) is 4.79 Å². The van der Waals surface area contributed by atoms with Gasteiger partial charge in [0.15, 0.2) is 5.96 Å². The van der Waals surface area contributed by atoms with Crippen molar-refractivity contribution in [2.45, 2.75) is 13.5 Å². The van der Waals surface area contributed by atoms with E-state index >= 15 is 0 Å². The monoisotopic (exact) mass is 338 g/mol. The largest absolute Gasteiger partial charge is 0.497 e. The predicted molar refractivity (Wildman–Crippen MR) is 97.2 cm³/mol. The van der Waals surface area contributed by atoms with Crippen molar-refractivity contribution in [1.82, 2.24) is 16.0 Å². The summed E-state index contributed by atoms with van der Waals surface area (Å²) < 4.78 is 5.10. The summed E-state index contributed by atoms with van der Waals surface area (Å²) in [4.78, 5) is 16.2. The van der Waals surface area contributed by atoms with Crippen LogP contribution in [0.1, 0.15) is 12.5 Å². The number of carbonyl (C=O) groups is 1. The molecule has 0 atom stereocenters. The number of nitrogens with zero attached hydrogens (tertiary/aromatic N) is 1. The first-order valence-electron chi connectivity index (χ1n) is 7.60. The maximum atomic E-state index is 11.9. The zero-order valence-electron chi connectivity index (χ0n) is 14.0. The predicted octanol–water partition coefficient (Wildman–Crippen LogP) is 1.23. The molecule has 0 saturated carbocycles. The Labute approximate surface area is 142 Å². The van der Waals surface area contributed by atoms with E-state index in [0.29, 0.717) is 12.5 Å². The van der Waals surface area contributed by atoms with Gasteiger partial charge in [0.25, 0.3) is 0 Å². The molecule has 128 valence electrons. The fourth-order valence-electron chi connectivity index (χ4n) is 1.76. The third-order valence-corrected chi connectivity index (χ3v) is 3.58. The number of rotatable bonds is 9. The smallest absolute Gasteiger partial charge is 0.242 e. The van der Waals surface area contributed by atoms with Gasteiger partial charge in [-0.25, -0.2) is 4.99 Å². The van der Waals surface area contributed by atoms with Gasteiger partial charge < -0.3 is 20.7 Å². The first kappa shape index (κ1) is 19.2. The minimum absolute atomic E-state index is 0.102. The molecule has 23 heavy (non-hydrogen) atoms. The highest BCUT2D eigenvalue weighted by Gasteiger charge is 2.02. The van der Waals surface area contributed by atoms with Crippen LogP contribution in [0.4, 0.5) is 0 Å². The molecule has 0 fully saturated rings. The average Bonchev–Trinajstić information content (AvgIpc) is 2.58. The summed E-state index contributed by atoms with van der Waals surface area (Å²) in [6, 6.07) is 7.60. The molecule has 6 nitrogen and oxygen atoms in total. The van der Waals surface area contributed by atoms with Gasteiger partial charge in [-0.3, -0.25) is 4.79 Å². The number of aliphatic imine (C=N–C) groups is 1. The van der Waals surface area contributed by atoms with Gasteiger partial charge in [-0.05, 0) is 30.9 Å². The molecule has 1 amide bonds. The van der Waals surface area contributed by atoms with Gasteiger partial charge in [0.05, 0.1) is 7.11 Å². The summed E-state index contributed by atoms with van der Waals surface area (Å²) in [7, 11) is 1.63. The van der Waals surface area contributed by atoms with Crippen LogP contribution in [0.3, 0.4) is 0 Å². The Bertz CT molecular complexity index is 491. The van der Waals surface area contributed by atoms with Crippen LogP contribution in [0.2, 0.25) is 0 Å². The maximum Gasteiger partial charge on any atom is 0.242 e. The Hall–Kier alpha value is -1.89. The third-order valence-electron chi connectivity index (χ3n) is 2.97. The van der Waals surface area contributed by atoms with Gasteiger partial charge in [0.1, 0.15) is 12.3 Å². The molecule has 0 aromatic heterocycles. The van der Waals surface area contributed by atoms with Gasteiger partial charge in [-0.1, -0.05) is 12.1 Å². The molecule has 0 radical (unpaired) electrons. The van der Waals surface area contributed by atoms with Crippen molar-refractivity contribution >= 4 is 23.6 Å². The number of amides is 1. The zero-order valence-corrected chi connectivity index (χ0v) is 14.8. The number of hydrogen-bond donors (Lipinski definition) is 3. The van der Waals surface area contributed by atoms with Crippen LogP contribution in [0.15, 0.2) is 29.3 Å². The second kappa shape index (κ2) is 11.6. The number of nitrogens with one attached hydrogen (secondary N) is 3. The van der Waals surface area contributed by atoms with Crippen molar-refractivity contribution in [3.63, 3.8) is 0 Å². The number of carbonyl (C=O) groups excluding carboxylic acids is 1. The summed E-state index contributed by atoms with van der Waals surface area (Å²) in [5.41, 5.74) is 1.02. The van der Waals surface area contributed by atoms with Gasteiger partial charge >= 0.3 is 0 Å². The Morgan fingerprint density at radius 3 is 2.57 bits per heavy atom. The van der Waals surface area contributed by atoms with Crippen LogP contribution in [0.25, 0.3) is 0 Å². The highest BCUT2D eigenvalue weighted by atomic mass is 32.2. The van der Waals surface area contributed by atoms with Crippen LogP contribution in [-0.2, 0) is 11.3 Å². The third kappa shape index (κ3) is 8.35. The van der Waals surface area contributed by atoms with E-state index < -0.39 is 0 Å². The quantitative estimate of drug-likeness (QED) is 0.359. The second-order valence-electron chi connectivity index (χ2n) is 4.74. The van der Waals surface area contributed by atoms with Crippen molar-refractivity contribution in [3.8, 4) is 5.75 Å². The summed E-state index contributed by atoms with van der Waals surface area (Å²) in [5, 5.41) is 9.16. The number of ether oxygens (including phenoxy) is 1. The molecule has 3 N–H and O–H groups in total. The average molecular weight is 338 g/mol. The number of guanidine groups is 1. The summed E-state index contributed by atoms with van der Waals surface area (Å²) in [6.07, 6.45) is 2.05. The van der Waals surface area contributed by atoms with Gasteiger partial charge in [0, 0.05) is 25.4 Å². The highest BCUT2D eigenvalue weighted by molar-refractivity contribution is 7.98. The lowest BCUT2D eigenvalue weighted by Crippen LogP contribution is -2.39. The van der Waals surface area contributed by atoms with Gasteiger partial charge in [-0.15, -0.1) is 0 Å². The molecule has 0 unspecified atom stereocenters. The van der Waals surface area contributed by atoms with Crippen LogP contribution < -0.4 is 20.7 Å². The number of thioether (sulfide) groups is 1.